The number of rotatable bonds is 6. The molecule has 0 saturated carbocycles. The molecule has 0 rings (SSSR count). The van der Waals surface area contributed by atoms with Gasteiger partial charge in [0.15, 0.2) is 0 Å². The van der Waals surface area contributed by atoms with Gasteiger partial charge in [-0.3, -0.25) is 14.4 Å². The number of esters is 1. The van der Waals surface area contributed by atoms with Crippen molar-refractivity contribution in [1.82, 2.24) is 16.0 Å². The van der Waals surface area contributed by atoms with Gasteiger partial charge in [-0.05, 0) is 6.92 Å². The summed E-state index contributed by atoms with van der Waals surface area (Å²) >= 11 is 0. The molecule has 0 aliphatic carbocycles. The van der Waals surface area contributed by atoms with Crippen LogP contribution >= 0.6 is 0 Å². The first-order valence-corrected chi connectivity index (χ1v) is 5.56. The molecule has 8 nitrogen and oxygen atoms in total. The molecule has 0 heterocycles. The molecule has 1 unspecified atom stereocenters. The van der Waals surface area contributed by atoms with E-state index in [0.717, 1.165) is 7.11 Å². The zero-order valence-electron chi connectivity index (χ0n) is 11.2. The van der Waals surface area contributed by atoms with E-state index in [-0.39, 0.29) is 0 Å². The highest BCUT2D eigenvalue weighted by Crippen LogP contribution is 2.13. The lowest BCUT2D eigenvalue weighted by Crippen LogP contribution is -2.47. The fourth-order valence-electron chi connectivity index (χ4n) is 1.03. The smallest absolute Gasteiger partial charge is 0.467 e. The lowest BCUT2D eigenvalue weighted by Gasteiger charge is -2.12. The Hall–Kier alpha value is -2.33. The maximum Gasteiger partial charge on any atom is 0.471 e. The Morgan fingerprint density at radius 2 is 1.57 bits per heavy atom. The molecule has 0 fully saturated rings. The minimum absolute atomic E-state index is 0.567. The molecule has 0 aromatic heterocycles. The summed E-state index contributed by atoms with van der Waals surface area (Å²) in [5, 5.41) is 5.48. The monoisotopic (exact) mass is 313 g/mol. The largest absolute Gasteiger partial charge is 0.471 e. The normalized spacial score (nSPS) is 12.0. The predicted octanol–water partition coefficient (Wildman–Crippen LogP) is -1.54. The van der Waals surface area contributed by atoms with Crippen molar-refractivity contribution in [2.45, 2.75) is 19.1 Å². The molecular formula is C10H14F3N3O5. The van der Waals surface area contributed by atoms with Gasteiger partial charge < -0.3 is 20.7 Å². The Bertz CT molecular complexity index is 425. The van der Waals surface area contributed by atoms with Crippen LogP contribution in [0.15, 0.2) is 0 Å². The third kappa shape index (κ3) is 7.74. The van der Waals surface area contributed by atoms with E-state index in [2.05, 4.69) is 10.1 Å². The van der Waals surface area contributed by atoms with Gasteiger partial charge in [0.05, 0.1) is 20.2 Å². The van der Waals surface area contributed by atoms with Crippen molar-refractivity contribution in [2.75, 3.05) is 20.2 Å². The van der Waals surface area contributed by atoms with Crippen molar-refractivity contribution in [1.29, 1.82) is 0 Å². The van der Waals surface area contributed by atoms with Gasteiger partial charge in [-0.15, -0.1) is 0 Å². The maximum absolute atomic E-state index is 11.8. The minimum atomic E-state index is -5.09. The Kier molecular flexibility index (Phi) is 7.17. The first-order valence-electron chi connectivity index (χ1n) is 5.56. The van der Waals surface area contributed by atoms with Gasteiger partial charge in [0.1, 0.15) is 6.04 Å². The highest BCUT2D eigenvalue weighted by Gasteiger charge is 2.38. The van der Waals surface area contributed by atoms with Crippen LogP contribution in [0.25, 0.3) is 0 Å². The molecule has 21 heavy (non-hydrogen) atoms. The van der Waals surface area contributed by atoms with Crippen molar-refractivity contribution < 1.29 is 37.1 Å². The van der Waals surface area contributed by atoms with E-state index in [1.807, 2.05) is 5.32 Å². The summed E-state index contributed by atoms with van der Waals surface area (Å²) in [5.74, 6) is -4.70. The van der Waals surface area contributed by atoms with Crippen LogP contribution in [0.2, 0.25) is 0 Å². The van der Waals surface area contributed by atoms with E-state index in [1.54, 1.807) is 0 Å². The fraction of sp³-hybridized carbons (Fsp3) is 0.600. The highest BCUT2D eigenvalue weighted by atomic mass is 19.4. The summed E-state index contributed by atoms with van der Waals surface area (Å²) < 4.78 is 39.8. The molecule has 3 amide bonds. The van der Waals surface area contributed by atoms with E-state index in [9.17, 15) is 32.3 Å². The molecule has 0 saturated heterocycles. The molecule has 0 radical (unpaired) electrons. The van der Waals surface area contributed by atoms with Crippen LogP contribution in [0.5, 0.6) is 0 Å². The van der Waals surface area contributed by atoms with Crippen LogP contribution in [0, 0.1) is 0 Å². The van der Waals surface area contributed by atoms with Crippen molar-refractivity contribution >= 4 is 23.7 Å². The molecule has 120 valence electrons. The van der Waals surface area contributed by atoms with E-state index < -0.39 is 49.0 Å². The summed E-state index contributed by atoms with van der Waals surface area (Å²) in [6.45, 7) is -0.157. The fourth-order valence-corrected chi connectivity index (χ4v) is 1.03. The molecule has 0 aliphatic heterocycles. The third-order valence-corrected chi connectivity index (χ3v) is 2.05. The predicted molar refractivity (Wildman–Crippen MR) is 61.7 cm³/mol. The van der Waals surface area contributed by atoms with Gasteiger partial charge in [0, 0.05) is 0 Å². The lowest BCUT2D eigenvalue weighted by atomic mass is 10.3. The molecule has 0 bridgehead atoms. The standard InChI is InChI=1S/C10H14F3N3O5/c1-5(8(19)21-2)16-7(18)4-14-6(17)3-15-9(20)10(11,12)13/h5H,3-4H2,1-2H3,(H,14,17)(H,15,20)(H,16,18). The average molecular weight is 313 g/mol. The molecule has 11 heteroatoms. The number of amides is 3. The summed E-state index contributed by atoms with van der Waals surface area (Å²) in [7, 11) is 1.12. The number of alkyl halides is 3. The summed E-state index contributed by atoms with van der Waals surface area (Å²) in [5.41, 5.74) is 0. The summed E-state index contributed by atoms with van der Waals surface area (Å²) in [6, 6.07) is -0.940. The van der Waals surface area contributed by atoms with Crippen molar-refractivity contribution in [3.05, 3.63) is 0 Å². The SMILES string of the molecule is COC(=O)C(C)NC(=O)CNC(=O)CNC(=O)C(F)(F)F. The number of ether oxygens (including phenoxy) is 1. The topological polar surface area (TPSA) is 114 Å². The van der Waals surface area contributed by atoms with Gasteiger partial charge >= 0.3 is 18.1 Å². The number of carbonyl (C=O) groups is 4. The Morgan fingerprint density at radius 3 is 2.05 bits per heavy atom. The maximum atomic E-state index is 11.8. The molecule has 3 N–H and O–H groups in total. The lowest BCUT2D eigenvalue weighted by molar-refractivity contribution is -0.173. The second-order valence-electron chi connectivity index (χ2n) is 3.77. The van der Waals surface area contributed by atoms with Crippen LogP contribution in [-0.4, -0.2) is 56.1 Å². The van der Waals surface area contributed by atoms with Crippen molar-refractivity contribution in [2.24, 2.45) is 0 Å². The van der Waals surface area contributed by atoms with Gasteiger partial charge in [-0.25, -0.2) is 4.79 Å². The quantitative estimate of drug-likeness (QED) is 0.514. The molecule has 0 spiro atoms. The van der Waals surface area contributed by atoms with E-state index >= 15 is 0 Å². The zero-order chi connectivity index (χ0) is 16.6. The van der Waals surface area contributed by atoms with Gasteiger partial charge in [-0.1, -0.05) is 0 Å². The molecule has 0 aromatic rings. The molecule has 0 aliphatic rings. The molecular weight excluding hydrogens is 299 g/mol. The van der Waals surface area contributed by atoms with Crippen LogP contribution in [0.1, 0.15) is 6.92 Å². The van der Waals surface area contributed by atoms with Gasteiger partial charge in [-0.2, -0.15) is 13.2 Å². The van der Waals surface area contributed by atoms with Gasteiger partial charge in [0.2, 0.25) is 11.8 Å². The Labute approximate surface area is 117 Å². The molecule has 0 aromatic carbocycles. The van der Waals surface area contributed by atoms with Crippen LogP contribution in [-0.2, 0) is 23.9 Å². The van der Waals surface area contributed by atoms with Crippen LogP contribution in [0.4, 0.5) is 13.2 Å². The van der Waals surface area contributed by atoms with Crippen LogP contribution < -0.4 is 16.0 Å². The number of hydrogen-bond donors (Lipinski definition) is 3. The highest BCUT2D eigenvalue weighted by molar-refractivity contribution is 5.90. The number of methoxy groups -OCH3 is 1. The molecule has 1 atom stereocenters. The van der Waals surface area contributed by atoms with Crippen molar-refractivity contribution in [3.8, 4) is 0 Å². The van der Waals surface area contributed by atoms with E-state index in [1.165, 1.54) is 12.2 Å². The Morgan fingerprint density at radius 1 is 1.05 bits per heavy atom. The number of hydrogen-bond acceptors (Lipinski definition) is 5. The second-order valence-corrected chi connectivity index (χ2v) is 3.77. The second kappa shape index (κ2) is 8.07. The van der Waals surface area contributed by atoms with E-state index in [0.29, 0.717) is 0 Å². The first-order chi connectivity index (χ1) is 9.57. The number of carbonyl (C=O) groups excluding carboxylic acids is 4. The number of nitrogens with one attached hydrogen (secondary N) is 3. The van der Waals surface area contributed by atoms with E-state index in [4.69, 9.17) is 0 Å². The van der Waals surface area contributed by atoms with Gasteiger partial charge in [0.25, 0.3) is 0 Å². The Balaban J connectivity index is 4.01. The number of halogens is 3. The van der Waals surface area contributed by atoms with Crippen molar-refractivity contribution in [3.63, 3.8) is 0 Å². The average Bonchev–Trinajstić information content (AvgIpc) is 2.40. The first kappa shape index (κ1) is 18.7. The summed E-state index contributed by atoms with van der Waals surface area (Å²) in [6.07, 6.45) is -5.09. The summed E-state index contributed by atoms with van der Waals surface area (Å²) in [4.78, 5) is 43.8. The third-order valence-electron chi connectivity index (χ3n) is 2.05. The van der Waals surface area contributed by atoms with Crippen LogP contribution in [0.3, 0.4) is 0 Å². The minimum Gasteiger partial charge on any atom is -0.467 e. The zero-order valence-corrected chi connectivity index (χ0v) is 11.2.